The van der Waals surface area contributed by atoms with E-state index in [1.165, 1.54) is 0 Å². The fourth-order valence-corrected chi connectivity index (χ4v) is 6.49. The van der Waals surface area contributed by atoms with E-state index < -0.39 is 29.1 Å². The van der Waals surface area contributed by atoms with E-state index in [0.717, 1.165) is 12.8 Å². The lowest BCUT2D eigenvalue weighted by Gasteiger charge is -2.36. The molecule has 0 aromatic heterocycles. The number of nitrogens with zero attached hydrogens (tertiary/aromatic N) is 1. The Balaban J connectivity index is 1.68. The van der Waals surface area contributed by atoms with Crippen LogP contribution >= 0.6 is 0 Å². The predicted octanol–water partition coefficient (Wildman–Crippen LogP) is 2.33. The van der Waals surface area contributed by atoms with E-state index in [2.05, 4.69) is 10.6 Å². The van der Waals surface area contributed by atoms with Crippen LogP contribution in [-0.4, -0.2) is 71.8 Å². The van der Waals surface area contributed by atoms with Crippen molar-refractivity contribution in [3.63, 3.8) is 0 Å². The van der Waals surface area contributed by atoms with Gasteiger partial charge in [0.2, 0.25) is 17.7 Å². The van der Waals surface area contributed by atoms with E-state index in [1.807, 2.05) is 20.8 Å². The van der Waals surface area contributed by atoms with Gasteiger partial charge in [0.25, 0.3) is 0 Å². The molecule has 198 valence electrons. The van der Waals surface area contributed by atoms with Gasteiger partial charge in [0.15, 0.2) is 0 Å². The zero-order chi connectivity index (χ0) is 26.1. The summed E-state index contributed by atoms with van der Waals surface area (Å²) in [6.45, 7) is 6.92. The number of aliphatic hydroxyl groups is 1. The van der Waals surface area contributed by atoms with E-state index in [-0.39, 0.29) is 30.2 Å². The Hall–Kier alpha value is -2.65. The van der Waals surface area contributed by atoms with E-state index in [4.69, 9.17) is 9.47 Å². The van der Waals surface area contributed by atoms with Gasteiger partial charge in [-0.25, -0.2) is 0 Å². The summed E-state index contributed by atoms with van der Waals surface area (Å²) < 4.78 is 11.9. The van der Waals surface area contributed by atoms with Crippen molar-refractivity contribution in [1.82, 2.24) is 10.2 Å². The number of benzene rings is 1. The highest BCUT2D eigenvalue weighted by atomic mass is 16.5. The molecule has 3 aliphatic heterocycles. The van der Waals surface area contributed by atoms with Gasteiger partial charge in [-0.3, -0.25) is 14.4 Å². The van der Waals surface area contributed by atoms with Gasteiger partial charge in [-0.15, -0.1) is 0 Å². The van der Waals surface area contributed by atoms with Crippen molar-refractivity contribution in [1.29, 1.82) is 0 Å². The van der Waals surface area contributed by atoms with Crippen LogP contribution in [0, 0.1) is 17.8 Å². The standard InChI is InChI=1S/C27H39N3O6/c1-5-13-28-23(32)20-21-25(34)30(14-7-6-8-15-31)22(27(21)16-17(2)26(20,3)36-27)24(33)29-18-9-11-19(35-4)12-10-18/h9-12,17,20-22,31H,5-8,13-16H2,1-4H3,(H,28,32)(H,29,33)/t17?,20-,21+,22?,26+,27?/m1/s1. The smallest absolute Gasteiger partial charge is 0.250 e. The molecule has 4 rings (SSSR count). The number of fused-ring (bicyclic) bond motifs is 1. The Labute approximate surface area is 212 Å². The lowest BCUT2D eigenvalue weighted by Crippen LogP contribution is -2.54. The summed E-state index contributed by atoms with van der Waals surface area (Å²) in [5.74, 6) is -1.37. The van der Waals surface area contributed by atoms with Crippen LogP contribution in [0.4, 0.5) is 5.69 Å². The van der Waals surface area contributed by atoms with Crippen LogP contribution < -0.4 is 15.4 Å². The first-order valence-corrected chi connectivity index (χ1v) is 13.1. The molecule has 36 heavy (non-hydrogen) atoms. The summed E-state index contributed by atoms with van der Waals surface area (Å²) in [5.41, 5.74) is -1.29. The number of hydrogen-bond donors (Lipinski definition) is 3. The molecule has 6 atom stereocenters. The van der Waals surface area contributed by atoms with E-state index in [0.29, 0.717) is 43.8 Å². The molecule has 0 saturated carbocycles. The van der Waals surface area contributed by atoms with Crippen molar-refractivity contribution in [2.24, 2.45) is 17.8 Å². The summed E-state index contributed by atoms with van der Waals surface area (Å²) >= 11 is 0. The molecule has 1 spiro atoms. The van der Waals surface area contributed by atoms with E-state index >= 15 is 0 Å². The number of carbonyl (C=O) groups is 3. The van der Waals surface area contributed by atoms with Gasteiger partial charge in [0.1, 0.15) is 17.4 Å². The molecule has 0 aliphatic carbocycles. The van der Waals surface area contributed by atoms with Crippen LogP contribution in [0.5, 0.6) is 5.75 Å². The first-order valence-electron chi connectivity index (χ1n) is 13.1. The zero-order valence-electron chi connectivity index (χ0n) is 21.7. The minimum absolute atomic E-state index is 0.00421. The Morgan fingerprint density at radius 1 is 1.19 bits per heavy atom. The van der Waals surface area contributed by atoms with Crippen LogP contribution in [0.25, 0.3) is 0 Å². The molecule has 3 aliphatic rings. The van der Waals surface area contributed by atoms with Crippen molar-refractivity contribution >= 4 is 23.4 Å². The summed E-state index contributed by atoms with van der Waals surface area (Å²) in [6.07, 6.45) is 3.35. The van der Waals surface area contributed by atoms with Gasteiger partial charge in [0, 0.05) is 25.4 Å². The fourth-order valence-electron chi connectivity index (χ4n) is 6.49. The Kier molecular flexibility index (Phi) is 7.61. The molecule has 3 fully saturated rings. The number of unbranched alkanes of at least 4 members (excludes halogenated alkanes) is 2. The van der Waals surface area contributed by atoms with Crippen molar-refractivity contribution < 1.29 is 29.0 Å². The highest BCUT2D eigenvalue weighted by molar-refractivity contribution is 6.03. The third kappa shape index (κ3) is 4.26. The number of nitrogens with one attached hydrogen (secondary N) is 2. The highest BCUT2D eigenvalue weighted by Gasteiger charge is 2.79. The SMILES string of the molecule is CCCNC(=O)[C@H]1[C@H]2C(=O)N(CCCCCO)C(C(=O)Nc3ccc(OC)cc3)C23CC(C)[C@]1(C)O3. The lowest BCUT2D eigenvalue weighted by molar-refractivity contribution is -0.146. The third-order valence-corrected chi connectivity index (χ3v) is 8.31. The maximum atomic E-state index is 13.9. The summed E-state index contributed by atoms with van der Waals surface area (Å²) in [6, 6.07) is 6.19. The quantitative estimate of drug-likeness (QED) is 0.401. The number of hydrogen-bond acceptors (Lipinski definition) is 6. The summed E-state index contributed by atoms with van der Waals surface area (Å²) in [7, 11) is 1.58. The lowest BCUT2D eigenvalue weighted by atomic mass is 9.62. The molecule has 3 saturated heterocycles. The number of methoxy groups -OCH3 is 1. The number of amides is 3. The minimum atomic E-state index is -1.06. The van der Waals surface area contributed by atoms with Gasteiger partial charge in [-0.05, 0) is 69.2 Å². The molecule has 1 aromatic carbocycles. The Morgan fingerprint density at radius 3 is 2.56 bits per heavy atom. The van der Waals surface area contributed by atoms with Crippen LogP contribution in [0.1, 0.15) is 52.9 Å². The highest BCUT2D eigenvalue weighted by Crippen LogP contribution is 2.65. The summed E-state index contributed by atoms with van der Waals surface area (Å²) in [5, 5.41) is 15.1. The van der Waals surface area contributed by atoms with Crippen LogP contribution in [0.15, 0.2) is 24.3 Å². The third-order valence-electron chi connectivity index (χ3n) is 8.31. The van der Waals surface area contributed by atoms with Crippen LogP contribution in [0.2, 0.25) is 0 Å². The number of carbonyl (C=O) groups excluding carboxylic acids is 3. The fraction of sp³-hybridized carbons (Fsp3) is 0.667. The predicted molar refractivity (Wildman–Crippen MR) is 134 cm³/mol. The number of rotatable bonds is 11. The molecule has 3 heterocycles. The van der Waals surface area contributed by atoms with Gasteiger partial charge in [0.05, 0.1) is 24.5 Å². The van der Waals surface area contributed by atoms with Gasteiger partial charge < -0.3 is 30.1 Å². The van der Waals surface area contributed by atoms with Crippen molar-refractivity contribution in [3.05, 3.63) is 24.3 Å². The average Bonchev–Trinajstić information content (AvgIpc) is 3.37. The molecular formula is C27H39N3O6. The Morgan fingerprint density at radius 2 is 1.92 bits per heavy atom. The van der Waals surface area contributed by atoms with Gasteiger partial charge >= 0.3 is 0 Å². The second-order valence-corrected chi connectivity index (χ2v) is 10.5. The maximum Gasteiger partial charge on any atom is 0.250 e. The first-order chi connectivity index (χ1) is 17.2. The van der Waals surface area contributed by atoms with Crippen molar-refractivity contribution in [3.8, 4) is 5.75 Å². The van der Waals surface area contributed by atoms with E-state index in [1.54, 1.807) is 36.3 Å². The number of ether oxygens (including phenoxy) is 2. The number of likely N-dealkylation sites (tertiary alicyclic amines) is 1. The normalized spacial score (nSPS) is 32.5. The molecule has 9 nitrogen and oxygen atoms in total. The maximum absolute atomic E-state index is 13.9. The first kappa shape index (κ1) is 26.4. The second kappa shape index (κ2) is 10.4. The molecule has 3 N–H and O–H groups in total. The monoisotopic (exact) mass is 501 g/mol. The zero-order valence-corrected chi connectivity index (χ0v) is 21.7. The average molecular weight is 502 g/mol. The molecule has 3 amide bonds. The Bertz CT molecular complexity index is 984. The van der Waals surface area contributed by atoms with E-state index in [9.17, 15) is 19.5 Å². The topological polar surface area (TPSA) is 117 Å². The van der Waals surface area contributed by atoms with Crippen LogP contribution in [-0.2, 0) is 19.1 Å². The molecule has 3 unspecified atom stereocenters. The molecule has 1 aromatic rings. The van der Waals surface area contributed by atoms with Crippen molar-refractivity contribution in [2.75, 3.05) is 32.1 Å². The van der Waals surface area contributed by atoms with Gasteiger partial charge in [-0.1, -0.05) is 13.8 Å². The molecule has 0 radical (unpaired) electrons. The number of anilines is 1. The number of aliphatic hydroxyl groups excluding tert-OH is 1. The summed E-state index contributed by atoms with van der Waals surface area (Å²) in [4.78, 5) is 42.8. The second-order valence-electron chi connectivity index (χ2n) is 10.5. The molecule has 2 bridgehead atoms. The van der Waals surface area contributed by atoms with Crippen LogP contribution in [0.3, 0.4) is 0 Å². The minimum Gasteiger partial charge on any atom is -0.497 e. The molecule has 9 heteroatoms. The molecular weight excluding hydrogens is 462 g/mol. The van der Waals surface area contributed by atoms with Gasteiger partial charge in [-0.2, -0.15) is 0 Å². The van der Waals surface area contributed by atoms with Crippen molar-refractivity contribution in [2.45, 2.75) is 70.1 Å². The largest absolute Gasteiger partial charge is 0.497 e.